The Morgan fingerprint density at radius 2 is 0.438 bits per heavy atom. The van der Waals surface area contributed by atoms with E-state index in [0.717, 1.165) is 88.7 Å². The van der Waals surface area contributed by atoms with Crippen molar-refractivity contribution in [3.8, 4) is 22.7 Å². The van der Waals surface area contributed by atoms with Crippen LogP contribution in [0.4, 0.5) is 0 Å². The maximum absolute atomic E-state index is 6.89. The number of fused-ring (bicyclic) bond motifs is 32. The largest absolute Gasteiger partial charge is 0.456 e. The van der Waals surface area contributed by atoms with Crippen molar-refractivity contribution in [2.75, 3.05) is 0 Å². The summed E-state index contributed by atoms with van der Waals surface area (Å²) in [4.78, 5) is 0. The quantitative estimate of drug-likeness (QED) is 0.118. The third-order valence-electron chi connectivity index (χ3n) is 25.1. The lowest BCUT2D eigenvalue weighted by Gasteiger charge is -2.21. The number of hydrogen-bond acceptors (Lipinski definition) is 2. The van der Waals surface area contributed by atoms with Crippen LogP contribution in [0.3, 0.4) is 0 Å². The van der Waals surface area contributed by atoms with E-state index >= 15 is 0 Å². The van der Waals surface area contributed by atoms with E-state index in [4.69, 9.17) is 8.83 Å². The van der Waals surface area contributed by atoms with Crippen LogP contribution in [-0.4, -0.2) is 25.0 Å². The van der Waals surface area contributed by atoms with Crippen molar-refractivity contribution < 1.29 is 8.83 Å². The molecule has 0 atom stereocenters. The van der Waals surface area contributed by atoms with E-state index in [-0.39, 0.29) is 6.71 Å². The summed E-state index contributed by atoms with van der Waals surface area (Å²) in [7, 11) is 0. The smallest absolute Gasteiger partial charge is 0.241 e. The minimum absolute atomic E-state index is 0.137. The molecule has 0 saturated heterocycles. The Kier molecular flexibility index (Phi) is 12.6. The molecule has 112 heavy (non-hydrogen) atoms. The number of aryl methyl sites for hydroxylation is 3. The predicted octanol–water partition coefficient (Wildman–Crippen LogP) is 26.2. The second-order valence-electron chi connectivity index (χ2n) is 31.1. The Labute approximate surface area is 641 Å². The summed E-state index contributed by atoms with van der Waals surface area (Å²) < 4.78 is 23.7. The second-order valence-corrected chi connectivity index (χ2v) is 31.1. The molecule has 0 aliphatic rings. The highest BCUT2D eigenvalue weighted by molar-refractivity contribution is 6.96. The van der Waals surface area contributed by atoms with Gasteiger partial charge in [-0.25, -0.2) is 0 Å². The molecular weight excluding hydrogens is 1360 g/mol. The minimum Gasteiger partial charge on any atom is -0.456 e. The van der Waals surface area contributed by atoms with Crippen molar-refractivity contribution in [1.29, 1.82) is 0 Å². The lowest BCUT2D eigenvalue weighted by atomic mass is 9.35. The van der Waals surface area contributed by atoms with Gasteiger partial charge in [0, 0.05) is 87.4 Å². The van der Waals surface area contributed by atoms with Gasteiger partial charge in [0.2, 0.25) is 6.71 Å². The third-order valence-corrected chi connectivity index (χ3v) is 25.1. The molecule has 7 heteroatoms. The highest BCUT2D eigenvalue weighted by atomic mass is 16.3. The molecule has 19 aromatic carbocycles. The molecular formula is C105H65BN4O2. The fourth-order valence-electron chi connectivity index (χ4n) is 20.6. The first-order valence-corrected chi connectivity index (χ1v) is 38.9. The van der Waals surface area contributed by atoms with Crippen molar-refractivity contribution in [2.45, 2.75) is 20.8 Å². The predicted molar refractivity (Wildman–Crippen MR) is 475 cm³/mol. The topological polar surface area (TPSA) is 46.0 Å². The number of benzene rings is 19. The molecule has 0 unspecified atom stereocenters. The lowest BCUT2D eigenvalue weighted by Crippen LogP contribution is -2.54. The van der Waals surface area contributed by atoms with Crippen LogP contribution in [0.1, 0.15) is 16.7 Å². The summed E-state index contributed by atoms with van der Waals surface area (Å²) >= 11 is 0. The average molecular weight is 1430 g/mol. The van der Waals surface area contributed by atoms with Crippen molar-refractivity contribution in [3.63, 3.8) is 0 Å². The number of rotatable bonds is 7. The Hall–Kier alpha value is -14.4. The Bertz CT molecular complexity index is 7960. The van der Waals surface area contributed by atoms with Gasteiger partial charge in [-0.05, 0) is 207 Å². The fraction of sp³-hybridized carbons (Fsp3) is 0.0286. The lowest BCUT2D eigenvalue weighted by molar-refractivity contribution is 0.668. The molecule has 0 aliphatic carbocycles. The van der Waals surface area contributed by atoms with Gasteiger partial charge in [-0.15, -0.1) is 0 Å². The van der Waals surface area contributed by atoms with Crippen LogP contribution < -0.4 is 16.4 Å². The van der Waals surface area contributed by atoms with E-state index in [0.29, 0.717) is 0 Å². The zero-order valence-electron chi connectivity index (χ0n) is 61.5. The molecule has 0 saturated carbocycles. The Balaban J connectivity index is 0.632. The molecule has 520 valence electrons. The highest BCUT2D eigenvalue weighted by Gasteiger charge is 2.30. The maximum atomic E-state index is 6.89. The number of furan rings is 2. The van der Waals surface area contributed by atoms with E-state index < -0.39 is 0 Å². The molecule has 0 amide bonds. The first kappa shape index (κ1) is 61.6. The first-order valence-electron chi connectivity index (χ1n) is 38.9. The van der Waals surface area contributed by atoms with Crippen LogP contribution >= 0.6 is 0 Å². The number of nitrogens with zero attached hydrogens (tertiary/aromatic N) is 4. The SMILES string of the molecule is Cc1cc(C)c(B(c2ccc3oc4ccc(-n5c6ccccc6c6c7c8ccccc8n(-c8ccc9c%10ccccc%10c%10ccccc%10c9c8)c7ccc65)cc4c3c2)c2ccc3oc4ccc(-n5c6ccccc6c6c7c8ccccc8n(-c8ccc9c%10ccccc%10c%10ccccc%10c9c8)c7ccc65)cc4c3c2)c(C)c1. The first-order chi connectivity index (χ1) is 55.3. The van der Waals surface area contributed by atoms with E-state index in [2.05, 4.69) is 379 Å². The molecule has 0 radical (unpaired) electrons. The van der Waals surface area contributed by atoms with Crippen LogP contribution in [-0.2, 0) is 0 Å². The fourth-order valence-corrected chi connectivity index (χ4v) is 20.6. The zero-order chi connectivity index (χ0) is 73.5. The molecule has 6 aromatic heterocycles. The van der Waals surface area contributed by atoms with Crippen LogP contribution in [0.2, 0.25) is 0 Å². The van der Waals surface area contributed by atoms with Crippen molar-refractivity contribution >= 4 is 219 Å². The molecule has 25 aromatic rings. The van der Waals surface area contributed by atoms with E-state index in [9.17, 15) is 0 Å². The summed E-state index contributed by atoms with van der Waals surface area (Å²) in [5.74, 6) is 0. The number of aromatic nitrogens is 4. The van der Waals surface area contributed by atoms with Crippen LogP contribution in [0, 0.1) is 20.8 Å². The molecule has 0 fully saturated rings. The highest BCUT2D eigenvalue weighted by Crippen LogP contribution is 2.48. The summed E-state index contributed by atoms with van der Waals surface area (Å²) in [5.41, 5.74) is 24.6. The monoisotopic (exact) mass is 1420 g/mol. The van der Waals surface area contributed by atoms with E-state index in [1.807, 2.05) is 0 Å². The van der Waals surface area contributed by atoms with Crippen LogP contribution in [0.15, 0.2) is 349 Å². The summed E-state index contributed by atoms with van der Waals surface area (Å²) in [6.07, 6.45) is 0. The maximum Gasteiger partial charge on any atom is 0.241 e. The van der Waals surface area contributed by atoms with E-state index in [1.165, 1.54) is 163 Å². The normalized spacial score (nSPS) is 12.4. The van der Waals surface area contributed by atoms with Crippen molar-refractivity contribution in [1.82, 2.24) is 18.3 Å². The Morgan fingerprint density at radius 3 is 0.750 bits per heavy atom. The minimum atomic E-state index is -0.137. The summed E-state index contributed by atoms with van der Waals surface area (Å²) in [6, 6.07) is 127. The standard InChI is InChI=1S/C105H65BN4O2/c1-60-52-61(2)105(62(3)53-60)106(63-36-48-97-85(54-63)87-58-67(40-50-99(87)111-97)109-91-34-18-14-30-81(91)103-95(109)46-44-93-101(103)79-28-12-16-32-89(79)107(93)65-38-42-77-73-24-6-4-20-69(73)71-22-8-10-26-75(71)83(77)56-65)64-37-49-98-86(55-64)88-59-68(41-51-100(88)112-98)110-92-35-19-15-31-82(92)104-96(110)47-45-94-102(104)80-29-13-17-33-90(80)108(94)66-39-43-78-74-25-7-5-21-70(74)72-23-9-11-27-76(72)84(78)57-66/h4-59H,1-3H3. The molecule has 0 spiro atoms. The van der Waals surface area contributed by atoms with Gasteiger partial charge in [0.15, 0.2) is 0 Å². The third kappa shape index (κ3) is 8.48. The van der Waals surface area contributed by atoms with Gasteiger partial charge in [0.1, 0.15) is 22.3 Å². The molecule has 0 N–H and O–H groups in total. The molecule has 6 heterocycles. The van der Waals surface area contributed by atoms with Gasteiger partial charge in [0.25, 0.3) is 0 Å². The Morgan fingerprint density at radius 1 is 0.196 bits per heavy atom. The van der Waals surface area contributed by atoms with E-state index in [1.54, 1.807) is 0 Å². The van der Waals surface area contributed by atoms with Gasteiger partial charge in [-0.2, -0.15) is 0 Å². The van der Waals surface area contributed by atoms with Crippen LogP contribution in [0.5, 0.6) is 0 Å². The zero-order valence-corrected chi connectivity index (χ0v) is 61.5. The van der Waals surface area contributed by atoms with Gasteiger partial charge >= 0.3 is 0 Å². The summed E-state index contributed by atoms with van der Waals surface area (Å²) in [6.45, 7) is 6.64. The molecule has 0 aliphatic heterocycles. The number of para-hydroxylation sites is 4. The number of hydrogen-bond donors (Lipinski definition) is 0. The molecule has 0 bridgehead atoms. The van der Waals surface area contributed by atoms with Gasteiger partial charge in [-0.1, -0.05) is 251 Å². The molecule has 25 rings (SSSR count). The van der Waals surface area contributed by atoms with Gasteiger partial charge in [-0.3, -0.25) is 0 Å². The van der Waals surface area contributed by atoms with Crippen LogP contribution in [0.25, 0.3) is 218 Å². The van der Waals surface area contributed by atoms with Crippen molar-refractivity contribution in [2.24, 2.45) is 0 Å². The summed E-state index contributed by atoms with van der Waals surface area (Å²) in [5, 5.41) is 29.3. The van der Waals surface area contributed by atoms with Gasteiger partial charge < -0.3 is 27.1 Å². The molecule has 6 nitrogen and oxygen atoms in total. The second kappa shape index (κ2) is 22.8. The van der Waals surface area contributed by atoms with Gasteiger partial charge in [0.05, 0.1) is 44.1 Å². The average Bonchev–Trinajstić information content (AvgIpc) is 1.60. The van der Waals surface area contributed by atoms with Crippen molar-refractivity contribution in [3.05, 3.63) is 356 Å².